The number of hydrogen-bond acceptors (Lipinski definition) is 3. The minimum Gasteiger partial charge on any atom is -0.339 e. The van der Waals surface area contributed by atoms with E-state index in [1.807, 2.05) is 40.9 Å². The van der Waals surface area contributed by atoms with E-state index in [4.69, 9.17) is 16.6 Å². The van der Waals surface area contributed by atoms with Crippen molar-refractivity contribution in [2.24, 2.45) is 0 Å². The predicted octanol–water partition coefficient (Wildman–Crippen LogP) is 5.41. The number of fused-ring (bicyclic) bond motifs is 1. The molecule has 25 heavy (non-hydrogen) atoms. The molecular formula is C20H17ClN4. The van der Waals surface area contributed by atoms with Crippen LogP contribution >= 0.6 is 11.6 Å². The summed E-state index contributed by atoms with van der Waals surface area (Å²) in [7, 11) is 0. The van der Waals surface area contributed by atoms with Crippen LogP contribution < -0.4 is 5.32 Å². The lowest BCUT2D eigenvalue weighted by Gasteiger charge is -2.12. The van der Waals surface area contributed by atoms with Gasteiger partial charge in [0.15, 0.2) is 0 Å². The van der Waals surface area contributed by atoms with Crippen molar-refractivity contribution in [1.82, 2.24) is 14.4 Å². The first-order valence-electron chi connectivity index (χ1n) is 8.05. The zero-order chi connectivity index (χ0) is 17.4. The SMILES string of the molecule is Cc1ccc(C)c(Nc2c(-c3ccc(Cl)cc3)nc3ncccn23)c1. The number of aromatic nitrogens is 3. The van der Waals surface area contributed by atoms with Gasteiger partial charge in [0.2, 0.25) is 5.78 Å². The molecule has 0 amide bonds. The van der Waals surface area contributed by atoms with Crippen LogP contribution in [0.5, 0.6) is 0 Å². The Morgan fingerprint density at radius 1 is 1.04 bits per heavy atom. The molecule has 0 saturated heterocycles. The number of benzene rings is 2. The topological polar surface area (TPSA) is 42.2 Å². The van der Waals surface area contributed by atoms with Crippen LogP contribution in [0.15, 0.2) is 60.9 Å². The van der Waals surface area contributed by atoms with Crippen molar-refractivity contribution in [3.8, 4) is 11.3 Å². The molecule has 0 unspecified atom stereocenters. The number of anilines is 2. The van der Waals surface area contributed by atoms with Crippen molar-refractivity contribution in [2.75, 3.05) is 5.32 Å². The number of aryl methyl sites for hydroxylation is 2. The summed E-state index contributed by atoms with van der Waals surface area (Å²) in [6.45, 7) is 4.17. The van der Waals surface area contributed by atoms with Crippen molar-refractivity contribution >= 4 is 28.9 Å². The van der Waals surface area contributed by atoms with E-state index < -0.39 is 0 Å². The Labute approximate surface area is 151 Å². The number of imidazole rings is 1. The van der Waals surface area contributed by atoms with Crippen LogP contribution in [0.25, 0.3) is 17.0 Å². The minimum atomic E-state index is 0.653. The van der Waals surface area contributed by atoms with Crippen molar-refractivity contribution in [1.29, 1.82) is 0 Å². The number of rotatable bonds is 3. The van der Waals surface area contributed by atoms with E-state index in [0.29, 0.717) is 10.8 Å². The van der Waals surface area contributed by atoms with Crippen LogP contribution in [-0.4, -0.2) is 14.4 Å². The van der Waals surface area contributed by atoms with Gasteiger partial charge >= 0.3 is 0 Å². The summed E-state index contributed by atoms with van der Waals surface area (Å²) >= 11 is 6.03. The summed E-state index contributed by atoms with van der Waals surface area (Å²) in [5.41, 5.74) is 5.26. The fourth-order valence-corrected chi connectivity index (χ4v) is 2.94. The van der Waals surface area contributed by atoms with Crippen LogP contribution in [0.3, 0.4) is 0 Å². The first-order valence-corrected chi connectivity index (χ1v) is 8.43. The van der Waals surface area contributed by atoms with E-state index >= 15 is 0 Å². The van der Waals surface area contributed by atoms with Crippen LogP contribution in [0.4, 0.5) is 11.5 Å². The molecule has 1 N–H and O–H groups in total. The van der Waals surface area contributed by atoms with Crippen molar-refractivity contribution < 1.29 is 0 Å². The van der Waals surface area contributed by atoms with Crippen molar-refractivity contribution in [3.05, 3.63) is 77.1 Å². The van der Waals surface area contributed by atoms with Gasteiger partial charge in [-0.1, -0.05) is 35.9 Å². The summed E-state index contributed by atoms with van der Waals surface area (Å²) < 4.78 is 1.96. The van der Waals surface area contributed by atoms with Gasteiger partial charge in [0, 0.05) is 28.7 Å². The molecule has 0 aliphatic carbocycles. The van der Waals surface area contributed by atoms with Gasteiger partial charge in [0.1, 0.15) is 11.5 Å². The highest BCUT2D eigenvalue weighted by atomic mass is 35.5. The molecule has 124 valence electrons. The lowest BCUT2D eigenvalue weighted by molar-refractivity contribution is 1.11. The van der Waals surface area contributed by atoms with Crippen LogP contribution in [0.2, 0.25) is 5.02 Å². The van der Waals surface area contributed by atoms with E-state index in [9.17, 15) is 0 Å². The number of hydrogen-bond donors (Lipinski definition) is 1. The lowest BCUT2D eigenvalue weighted by atomic mass is 10.1. The summed E-state index contributed by atoms with van der Waals surface area (Å²) in [5.74, 6) is 1.54. The number of nitrogens with one attached hydrogen (secondary N) is 1. The first kappa shape index (κ1) is 15.7. The Kier molecular flexibility index (Phi) is 3.90. The molecule has 0 atom stereocenters. The second-order valence-corrected chi connectivity index (χ2v) is 6.49. The molecule has 2 aromatic heterocycles. The van der Waals surface area contributed by atoms with Gasteiger partial charge in [-0.05, 0) is 49.2 Å². The largest absolute Gasteiger partial charge is 0.339 e. The van der Waals surface area contributed by atoms with E-state index in [1.165, 1.54) is 11.1 Å². The van der Waals surface area contributed by atoms with Gasteiger partial charge in [-0.2, -0.15) is 0 Å². The lowest BCUT2D eigenvalue weighted by Crippen LogP contribution is -1.99. The normalized spacial score (nSPS) is 11.0. The maximum absolute atomic E-state index is 6.03. The summed E-state index contributed by atoms with van der Waals surface area (Å²) in [6.07, 6.45) is 3.71. The average molecular weight is 349 g/mol. The second-order valence-electron chi connectivity index (χ2n) is 6.05. The molecule has 4 rings (SSSR count). The Morgan fingerprint density at radius 3 is 2.64 bits per heavy atom. The van der Waals surface area contributed by atoms with E-state index in [1.54, 1.807) is 6.20 Å². The highest BCUT2D eigenvalue weighted by molar-refractivity contribution is 6.30. The average Bonchev–Trinajstić information content (AvgIpc) is 2.97. The molecular weight excluding hydrogens is 332 g/mol. The predicted molar refractivity (Wildman–Crippen MR) is 103 cm³/mol. The third kappa shape index (κ3) is 2.96. The van der Waals surface area contributed by atoms with Crippen molar-refractivity contribution in [3.63, 3.8) is 0 Å². The van der Waals surface area contributed by atoms with Gasteiger partial charge in [0.05, 0.1) is 0 Å². The Morgan fingerprint density at radius 2 is 1.84 bits per heavy atom. The second kappa shape index (κ2) is 6.22. The van der Waals surface area contributed by atoms with Gasteiger partial charge in [-0.25, -0.2) is 9.97 Å². The Balaban J connectivity index is 1.90. The molecule has 0 spiro atoms. The first-order chi connectivity index (χ1) is 12.1. The standard InChI is InChI=1S/C20H17ClN4/c1-13-4-5-14(2)17(12-13)23-19-18(15-6-8-16(21)9-7-15)24-20-22-10-3-11-25(19)20/h3-12,23H,1-2H3. The summed E-state index contributed by atoms with van der Waals surface area (Å²) in [5, 5.41) is 4.25. The molecule has 2 aromatic carbocycles. The van der Waals surface area contributed by atoms with Crippen molar-refractivity contribution in [2.45, 2.75) is 13.8 Å². The molecule has 2 heterocycles. The third-order valence-electron chi connectivity index (χ3n) is 4.17. The molecule has 4 aromatic rings. The molecule has 0 aliphatic rings. The van der Waals surface area contributed by atoms with E-state index in [-0.39, 0.29) is 0 Å². The molecule has 0 saturated carbocycles. The Hall–Kier alpha value is -2.85. The third-order valence-corrected chi connectivity index (χ3v) is 4.42. The number of halogens is 1. The van der Waals surface area contributed by atoms with Gasteiger partial charge in [-0.15, -0.1) is 0 Å². The van der Waals surface area contributed by atoms with Gasteiger partial charge in [0.25, 0.3) is 0 Å². The maximum Gasteiger partial charge on any atom is 0.235 e. The number of nitrogens with zero attached hydrogens (tertiary/aromatic N) is 3. The minimum absolute atomic E-state index is 0.653. The van der Waals surface area contributed by atoms with Gasteiger partial charge in [-0.3, -0.25) is 4.40 Å². The summed E-state index contributed by atoms with van der Waals surface area (Å²) in [4.78, 5) is 9.08. The molecule has 4 nitrogen and oxygen atoms in total. The monoisotopic (exact) mass is 348 g/mol. The quantitative estimate of drug-likeness (QED) is 0.538. The van der Waals surface area contributed by atoms with Crippen LogP contribution in [0, 0.1) is 13.8 Å². The fraction of sp³-hybridized carbons (Fsp3) is 0.100. The molecule has 5 heteroatoms. The van der Waals surface area contributed by atoms with Crippen LogP contribution in [0.1, 0.15) is 11.1 Å². The van der Waals surface area contributed by atoms with Gasteiger partial charge < -0.3 is 5.32 Å². The molecule has 0 fully saturated rings. The maximum atomic E-state index is 6.03. The highest BCUT2D eigenvalue weighted by Crippen LogP contribution is 2.32. The smallest absolute Gasteiger partial charge is 0.235 e. The highest BCUT2D eigenvalue weighted by Gasteiger charge is 2.15. The molecule has 0 radical (unpaired) electrons. The zero-order valence-electron chi connectivity index (χ0n) is 14.0. The van der Waals surface area contributed by atoms with E-state index in [2.05, 4.69) is 42.3 Å². The van der Waals surface area contributed by atoms with Crippen LogP contribution in [-0.2, 0) is 0 Å². The molecule has 0 bridgehead atoms. The molecule has 0 aliphatic heterocycles. The van der Waals surface area contributed by atoms with E-state index in [0.717, 1.165) is 22.8 Å². The Bertz CT molecular complexity index is 1050. The summed E-state index contributed by atoms with van der Waals surface area (Å²) in [6, 6.07) is 15.9. The fourth-order valence-electron chi connectivity index (χ4n) is 2.81. The zero-order valence-corrected chi connectivity index (χ0v) is 14.7.